The minimum Gasteiger partial charge on any atom is -0.370 e. The first-order valence-electron chi connectivity index (χ1n) is 10.9. The van der Waals surface area contributed by atoms with Crippen LogP contribution >= 0.6 is 11.6 Å². The number of hydrogen-bond donors (Lipinski definition) is 0. The number of pyridine rings is 1. The van der Waals surface area contributed by atoms with Crippen LogP contribution in [0.25, 0.3) is 22.2 Å². The van der Waals surface area contributed by atoms with Crippen molar-refractivity contribution in [1.29, 1.82) is 0 Å². The summed E-state index contributed by atoms with van der Waals surface area (Å²) >= 11 is 6.01. The molecule has 0 amide bonds. The van der Waals surface area contributed by atoms with Crippen LogP contribution in [0.5, 0.6) is 0 Å². The van der Waals surface area contributed by atoms with Crippen LogP contribution in [0.3, 0.4) is 0 Å². The highest BCUT2D eigenvalue weighted by Crippen LogP contribution is 2.36. The van der Waals surface area contributed by atoms with Crippen LogP contribution in [0.15, 0.2) is 48.7 Å². The third-order valence-corrected chi connectivity index (χ3v) is 6.35. The highest BCUT2D eigenvalue weighted by molar-refractivity contribution is 6.30. The standard InChI is InChI=1S/C26H24ClFN4O/c1-15-10-18(6-7-29-15)25-14-32(8-9-33-25)20-12-22(21-5-4-19(27)11-23(21)28)26-24(13-20)30-16(2)17(3)31-26/h4-7,10-13,25H,8-9,14H2,1-3H3/t25-/m1/s1. The van der Waals surface area contributed by atoms with Gasteiger partial charge in [-0.05, 0) is 68.8 Å². The highest BCUT2D eigenvalue weighted by Gasteiger charge is 2.24. The molecule has 168 valence electrons. The number of nitrogens with zero attached hydrogens (tertiary/aromatic N) is 4. The summed E-state index contributed by atoms with van der Waals surface area (Å²) in [6.07, 6.45) is 1.74. The lowest BCUT2D eigenvalue weighted by Gasteiger charge is -2.35. The van der Waals surface area contributed by atoms with E-state index in [0.29, 0.717) is 34.8 Å². The number of benzene rings is 2. The number of hydrogen-bond acceptors (Lipinski definition) is 5. The van der Waals surface area contributed by atoms with Crippen molar-refractivity contribution >= 4 is 28.3 Å². The van der Waals surface area contributed by atoms with Gasteiger partial charge in [-0.1, -0.05) is 11.6 Å². The number of rotatable bonds is 3. The first-order valence-corrected chi connectivity index (χ1v) is 11.3. The average molecular weight is 463 g/mol. The molecule has 0 saturated carbocycles. The monoisotopic (exact) mass is 462 g/mol. The number of aromatic nitrogens is 3. The number of aryl methyl sites for hydroxylation is 3. The fourth-order valence-corrected chi connectivity index (χ4v) is 4.43. The van der Waals surface area contributed by atoms with Crippen molar-refractivity contribution in [3.8, 4) is 11.1 Å². The minimum atomic E-state index is -0.381. The fourth-order valence-electron chi connectivity index (χ4n) is 4.27. The number of anilines is 1. The topological polar surface area (TPSA) is 51.1 Å². The van der Waals surface area contributed by atoms with Gasteiger partial charge in [0.2, 0.25) is 0 Å². The van der Waals surface area contributed by atoms with Crippen LogP contribution < -0.4 is 4.90 Å². The van der Waals surface area contributed by atoms with Crippen LogP contribution in [0.4, 0.5) is 10.1 Å². The van der Waals surface area contributed by atoms with Crippen LogP contribution in [0.2, 0.25) is 5.02 Å². The van der Waals surface area contributed by atoms with Gasteiger partial charge in [-0.2, -0.15) is 0 Å². The van der Waals surface area contributed by atoms with Crippen molar-refractivity contribution in [2.75, 3.05) is 24.6 Å². The molecule has 2 aromatic carbocycles. The molecule has 7 heteroatoms. The molecule has 5 rings (SSSR count). The summed E-state index contributed by atoms with van der Waals surface area (Å²) in [7, 11) is 0. The SMILES string of the molecule is Cc1cc([C@H]2CN(c3cc(-c4ccc(Cl)cc4F)c4nc(C)c(C)nc4c3)CCO2)ccn1. The summed E-state index contributed by atoms with van der Waals surface area (Å²) in [6.45, 7) is 7.83. The molecule has 1 aliphatic heterocycles. The Morgan fingerprint density at radius 3 is 2.61 bits per heavy atom. The number of fused-ring (bicyclic) bond motifs is 1. The molecule has 0 unspecified atom stereocenters. The van der Waals surface area contributed by atoms with E-state index in [4.69, 9.17) is 26.3 Å². The minimum absolute atomic E-state index is 0.0716. The molecular weight excluding hydrogens is 439 g/mol. The van der Waals surface area contributed by atoms with Gasteiger partial charge in [-0.3, -0.25) is 4.98 Å². The summed E-state index contributed by atoms with van der Waals surface area (Å²) in [6, 6.07) is 12.8. The maximum absolute atomic E-state index is 15.0. The summed E-state index contributed by atoms with van der Waals surface area (Å²) in [4.78, 5) is 16.1. The Morgan fingerprint density at radius 2 is 1.82 bits per heavy atom. The predicted molar refractivity (Wildman–Crippen MR) is 129 cm³/mol. The van der Waals surface area contributed by atoms with Gasteiger partial charge >= 0.3 is 0 Å². The predicted octanol–water partition coefficient (Wildman–Crippen LogP) is 5.99. The van der Waals surface area contributed by atoms with Gasteiger partial charge < -0.3 is 9.64 Å². The molecule has 2 aromatic heterocycles. The largest absolute Gasteiger partial charge is 0.370 e. The van der Waals surface area contributed by atoms with Gasteiger partial charge in [0.15, 0.2) is 0 Å². The maximum atomic E-state index is 15.0. The van der Waals surface area contributed by atoms with Crippen molar-refractivity contribution in [3.05, 3.63) is 82.1 Å². The summed E-state index contributed by atoms with van der Waals surface area (Å²) < 4.78 is 21.0. The van der Waals surface area contributed by atoms with Gasteiger partial charge in [0.05, 0.1) is 29.0 Å². The fraction of sp³-hybridized carbons (Fsp3) is 0.269. The molecule has 4 aromatic rings. The molecule has 3 heterocycles. The van der Waals surface area contributed by atoms with E-state index in [2.05, 4.69) is 16.0 Å². The van der Waals surface area contributed by atoms with Crippen molar-refractivity contribution < 1.29 is 9.13 Å². The molecule has 33 heavy (non-hydrogen) atoms. The van der Waals surface area contributed by atoms with Crippen LogP contribution in [0.1, 0.15) is 28.7 Å². The Kier molecular flexibility index (Phi) is 5.72. The Hall–Kier alpha value is -3.09. The maximum Gasteiger partial charge on any atom is 0.132 e. The Bertz CT molecular complexity index is 1360. The van der Waals surface area contributed by atoms with Crippen LogP contribution in [-0.2, 0) is 4.74 Å². The molecule has 1 saturated heterocycles. The van der Waals surface area contributed by atoms with Crippen molar-refractivity contribution in [3.63, 3.8) is 0 Å². The molecule has 1 fully saturated rings. The quantitative estimate of drug-likeness (QED) is 0.374. The third kappa shape index (κ3) is 4.28. The van der Waals surface area contributed by atoms with E-state index in [0.717, 1.165) is 40.4 Å². The second kappa shape index (κ2) is 8.69. The first kappa shape index (κ1) is 21.7. The Labute approximate surface area is 197 Å². The lowest BCUT2D eigenvalue weighted by Crippen LogP contribution is -2.38. The van der Waals surface area contributed by atoms with E-state index >= 15 is 0 Å². The zero-order valence-electron chi connectivity index (χ0n) is 18.8. The molecule has 0 spiro atoms. The lowest BCUT2D eigenvalue weighted by atomic mass is 10.0. The average Bonchev–Trinajstić information content (AvgIpc) is 2.80. The van der Waals surface area contributed by atoms with Gasteiger partial charge in [0.25, 0.3) is 0 Å². The van der Waals surface area contributed by atoms with Crippen LogP contribution in [0, 0.1) is 26.6 Å². The highest BCUT2D eigenvalue weighted by atomic mass is 35.5. The second-order valence-electron chi connectivity index (χ2n) is 8.42. The van der Waals surface area contributed by atoms with Gasteiger partial charge in [0.1, 0.15) is 11.9 Å². The van der Waals surface area contributed by atoms with Crippen molar-refractivity contribution in [1.82, 2.24) is 15.0 Å². The summed E-state index contributed by atoms with van der Waals surface area (Å²) in [5.41, 5.74) is 7.28. The number of ether oxygens (including phenoxy) is 1. The molecule has 0 aliphatic carbocycles. The first-order chi connectivity index (χ1) is 15.9. The number of halogens is 2. The molecule has 5 nitrogen and oxygen atoms in total. The summed E-state index contributed by atoms with van der Waals surface area (Å²) in [5.74, 6) is -0.381. The van der Waals surface area contributed by atoms with E-state index in [9.17, 15) is 4.39 Å². The molecule has 0 N–H and O–H groups in total. The van der Waals surface area contributed by atoms with Gasteiger partial charge in [0, 0.05) is 46.8 Å². The number of morpholine rings is 1. The van der Waals surface area contributed by atoms with Gasteiger partial charge in [-0.15, -0.1) is 0 Å². The van der Waals surface area contributed by atoms with E-state index in [1.165, 1.54) is 6.07 Å². The Morgan fingerprint density at radius 1 is 1.00 bits per heavy atom. The zero-order chi connectivity index (χ0) is 23.1. The molecule has 0 radical (unpaired) electrons. The zero-order valence-corrected chi connectivity index (χ0v) is 19.5. The van der Waals surface area contributed by atoms with Crippen molar-refractivity contribution in [2.24, 2.45) is 0 Å². The second-order valence-corrected chi connectivity index (χ2v) is 8.85. The van der Waals surface area contributed by atoms with E-state index in [1.54, 1.807) is 12.1 Å². The Balaban J connectivity index is 1.62. The van der Waals surface area contributed by atoms with E-state index < -0.39 is 0 Å². The normalized spacial score (nSPS) is 16.4. The van der Waals surface area contributed by atoms with E-state index in [1.807, 2.05) is 45.2 Å². The van der Waals surface area contributed by atoms with Crippen molar-refractivity contribution in [2.45, 2.75) is 26.9 Å². The molecule has 0 bridgehead atoms. The molecular formula is C26H24ClFN4O. The summed E-state index contributed by atoms with van der Waals surface area (Å²) in [5, 5.41) is 0.360. The lowest BCUT2D eigenvalue weighted by molar-refractivity contribution is 0.0397. The van der Waals surface area contributed by atoms with E-state index in [-0.39, 0.29) is 11.9 Å². The smallest absolute Gasteiger partial charge is 0.132 e. The van der Waals surface area contributed by atoms with Crippen LogP contribution in [-0.4, -0.2) is 34.6 Å². The van der Waals surface area contributed by atoms with Gasteiger partial charge in [-0.25, -0.2) is 14.4 Å². The molecule has 1 aliphatic rings. The third-order valence-electron chi connectivity index (χ3n) is 6.11. The molecule has 1 atom stereocenters.